The number of benzene rings is 1. The van der Waals surface area contributed by atoms with Crippen molar-refractivity contribution in [3.8, 4) is 28.7 Å². The largest absolute Gasteiger partial charge is 0.481 e. The second-order valence-corrected chi connectivity index (χ2v) is 5.01. The number of methoxy groups -OCH3 is 1. The fraction of sp³-hybridized carbons (Fsp3) is 0.0714. The SMILES string of the molecule is COc1cc(-c2noc(-c3ccc4nsnc4c3)n2)ccn1. The molecular formula is C14H9N5O2S. The van der Waals surface area contributed by atoms with Gasteiger partial charge in [0, 0.05) is 23.4 Å². The number of ether oxygens (including phenoxy) is 1. The Balaban J connectivity index is 1.73. The van der Waals surface area contributed by atoms with Crippen LogP contribution in [0.2, 0.25) is 0 Å². The molecule has 0 aliphatic rings. The molecule has 0 saturated heterocycles. The highest BCUT2D eigenvalue weighted by Gasteiger charge is 2.12. The Morgan fingerprint density at radius 3 is 2.86 bits per heavy atom. The highest BCUT2D eigenvalue weighted by atomic mass is 32.1. The first-order chi connectivity index (χ1) is 10.8. The fourth-order valence-electron chi connectivity index (χ4n) is 2.03. The highest BCUT2D eigenvalue weighted by Crippen LogP contribution is 2.25. The molecule has 0 saturated carbocycles. The summed E-state index contributed by atoms with van der Waals surface area (Å²) in [7, 11) is 1.56. The third-order valence-electron chi connectivity index (χ3n) is 3.13. The van der Waals surface area contributed by atoms with Crippen molar-refractivity contribution < 1.29 is 9.26 Å². The maximum Gasteiger partial charge on any atom is 0.258 e. The molecule has 0 radical (unpaired) electrons. The summed E-state index contributed by atoms with van der Waals surface area (Å²) in [6.07, 6.45) is 1.64. The van der Waals surface area contributed by atoms with Gasteiger partial charge in [0.2, 0.25) is 11.7 Å². The maximum absolute atomic E-state index is 5.34. The van der Waals surface area contributed by atoms with Crippen LogP contribution in [0.25, 0.3) is 33.9 Å². The lowest BCUT2D eigenvalue weighted by molar-refractivity contribution is 0.398. The van der Waals surface area contributed by atoms with Crippen LogP contribution in [0.1, 0.15) is 0 Å². The normalized spacial score (nSPS) is 11.0. The van der Waals surface area contributed by atoms with Crippen LogP contribution >= 0.6 is 11.7 Å². The molecule has 3 aromatic heterocycles. The van der Waals surface area contributed by atoms with Gasteiger partial charge in [-0.2, -0.15) is 13.7 Å². The topological polar surface area (TPSA) is 86.8 Å². The molecule has 4 aromatic rings. The molecule has 0 aliphatic heterocycles. The number of hydrogen-bond donors (Lipinski definition) is 0. The third kappa shape index (κ3) is 2.19. The Morgan fingerprint density at radius 1 is 1.05 bits per heavy atom. The van der Waals surface area contributed by atoms with E-state index in [2.05, 4.69) is 23.9 Å². The van der Waals surface area contributed by atoms with Crippen LogP contribution in [0.15, 0.2) is 41.1 Å². The molecule has 0 spiro atoms. The van der Waals surface area contributed by atoms with Crippen molar-refractivity contribution in [2.75, 3.05) is 7.11 Å². The van der Waals surface area contributed by atoms with Crippen LogP contribution in [-0.2, 0) is 0 Å². The van der Waals surface area contributed by atoms with Crippen molar-refractivity contribution in [2.24, 2.45) is 0 Å². The standard InChI is InChI=1S/C14H9N5O2S/c1-20-12-7-8(4-5-15-12)13-16-14(21-17-13)9-2-3-10-11(6-9)19-22-18-10/h2-7H,1H3. The van der Waals surface area contributed by atoms with Crippen molar-refractivity contribution in [2.45, 2.75) is 0 Å². The summed E-state index contributed by atoms with van der Waals surface area (Å²) in [5.74, 6) is 1.41. The van der Waals surface area contributed by atoms with E-state index in [1.807, 2.05) is 18.2 Å². The first-order valence-corrected chi connectivity index (χ1v) is 7.13. The minimum atomic E-state index is 0.431. The summed E-state index contributed by atoms with van der Waals surface area (Å²) in [5.41, 5.74) is 3.25. The Morgan fingerprint density at radius 2 is 1.95 bits per heavy atom. The summed E-state index contributed by atoms with van der Waals surface area (Å²) < 4.78 is 18.8. The summed E-state index contributed by atoms with van der Waals surface area (Å²) in [6.45, 7) is 0. The molecule has 0 fully saturated rings. The monoisotopic (exact) mass is 311 g/mol. The van der Waals surface area contributed by atoms with Gasteiger partial charge in [-0.3, -0.25) is 0 Å². The van der Waals surface area contributed by atoms with Crippen LogP contribution < -0.4 is 4.74 Å². The molecule has 108 valence electrons. The second-order valence-electron chi connectivity index (χ2n) is 4.48. The zero-order chi connectivity index (χ0) is 14.9. The van der Waals surface area contributed by atoms with E-state index in [-0.39, 0.29) is 0 Å². The van der Waals surface area contributed by atoms with Crippen molar-refractivity contribution >= 4 is 22.8 Å². The van der Waals surface area contributed by atoms with Crippen LogP contribution in [0, 0.1) is 0 Å². The van der Waals surface area contributed by atoms with Crippen LogP contribution in [0.4, 0.5) is 0 Å². The number of fused-ring (bicyclic) bond motifs is 1. The second kappa shape index (κ2) is 5.15. The van der Waals surface area contributed by atoms with E-state index in [0.717, 1.165) is 22.2 Å². The maximum atomic E-state index is 5.34. The van der Waals surface area contributed by atoms with Crippen molar-refractivity contribution in [1.29, 1.82) is 0 Å². The van der Waals surface area contributed by atoms with Crippen LogP contribution in [0.3, 0.4) is 0 Å². The predicted octanol–water partition coefficient (Wildman–Crippen LogP) is 2.81. The van der Waals surface area contributed by atoms with E-state index in [4.69, 9.17) is 9.26 Å². The Labute approximate surface area is 128 Å². The van der Waals surface area contributed by atoms with Gasteiger partial charge in [-0.15, -0.1) is 0 Å². The van der Waals surface area contributed by atoms with Gasteiger partial charge >= 0.3 is 0 Å². The zero-order valence-corrected chi connectivity index (χ0v) is 12.2. The zero-order valence-electron chi connectivity index (χ0n) is 11.4. The van der Waals surface area contributed by atoms with Crippen molar-refractivity contribution in [1.82, 2.24) is 23.9 Å². The van der Waals surface area contributed by atoms with Gasteiger partial charge in [-0.05, 0) is 24.3 Å². The highest BCUT2D eigenvalue weighted by molar-refractivity contribution is 7.00. The molecule has 0 bridgehead atoms. The summed E-state index contributed by atoms with van der Waals surface area (Å²) in [4.78, 5) is 8.47. The molecule has 4 rings (SSSR count). The quantitative estimate of drug-likeness (QED) is 0.575. The molecule has 1 aromatic carbocycles. The number of rotatable bonds is 3. The van der Waals surface area contributed by atoms with Crippen LogP contribution in [-0.4, -0.2) is 31.0 Å². The lowest BCUT2D eigenvalue weighted by atomic mass is 10.2. The van der Waals surface area contributed by atoms with E-state index in [9.17, 15) is 0 Å². The van der Waals surface area contributed by atoms with Gasteiger partial charge in [0.05, 0.1) is 18.8 Å². The first-order valence-electron chi connectivity index (χ1n) is 6.40. The van der Waals surface area contributed by atoms with Gasteiger partial charge in [0.25, 0.3) is 5.89 Å². The fourth-order valence-corrected chi connectivity index (χ4v) is 2.55. The van der Waals surface area contributed by atoms with Crippen molar-refractivity contribution in [3.63, 3.8) is 0 Å². The number of nitrogens with zero attached hydrogens (tertiary/aromatic N) is 5. The average Bonchev–Trinajstić information content (AvgIpc) is 3.23. The number of pyridine rings is 1. The molecule has 0 N–H and O–H groups in total. The molecule has 3 heterocycles. The van der Waals surface area contributed by atoms with E-state index in [0.29, 0.717) is 17.6 Å². The minimum absolute atomic E-state index is 0.431. The van der Waals surface area contributed by atoms with E-state index < -0.39 is 0 Å². The summed E-state index contributed by atoms with van der Waals surface area (Å²) in [6, 6.07) is 9.19. The van der Waals surface area contributed by atoms with Gasteiger partial charge in [-0.1, -0.05) is 5.16 Å². The lowest BCUT2D eigenvalue weighted by Crippen LogP contribution is -1.88. The molecule has 8 heteroatoms. The molecule has 0 amide bonds. The Bertz CT molecular complexity index is 949. The minimum Gasteiger partial charge on any atom is -0.481 e. The predicted molar refractivity (Wildman–Crippen MR) is 80.5 cm³/mol. The van der Waals surface area contributed by atoms with E-state index >= 15 is 0 Å². The number of hydrogen-bond acceptors (Lipinski definition) is 8. The van der Waals surface area contributed by atoms with E-state index in [1.54, 1.807) is 25.4 Å². The number of aromatic nitrogens is 5. The van der Waals surface area contributed by atoms with Crippen LogP contribution in [0.5, 0.6) is 5.88 Å². The summed E-state index contributed by atoms with van der Waals surface area (Å²) >= 11 is 1.18. The Kier molecular flexibility index (Phi) is 3.01. The molecule has 22 heavy (non-hydrogen) atoms. The molecule has 0 unspecified atom stereocenters. The molecule has 7 nitrogen and oxygen atoms in total. The molecule has 0 atom stereocenters. The van der Waals surface area contributed by atoms with Gasteiger partial charge in [0.1, 0.15) is 11.0 Å². The first kappa shape index (κ1) is 12.8. The molecule has 0 aliphatic carbocycles. The summed E-state index contributed by atoms with van der Waals surface area (Å²) in [5, 5.41) is 4.00. The van der Waals surface area contributed by atoms with Gasteiger partial charge in [-0.25, -0.2) is 4.98 Å². The smallest absolute Gasteiger partial charge is 0.258 e. The lowest BCUT2D eigenvalue weighted by Gasteiger charge is -1.98. The average molecular weight is 311 g/mol. The van der Waals surface area contributed by atoms with Crippen molar-refractivity contribution in [3.05, 3.63) is 36.5 Å². The van der Waals surface area contributed by atoms with E-state index in [1.165, 1.54) is 11.7 Å². The third-order valence-corrected chi connectivity index (χ3v) is 3.69. The molecular weight excluding hydrogens is 302 g/mol. The Hall–Kier alpha value is -2.87. The van der Waals surface area contributed by atoms with Gasteiger partial charge in [0.15, 0.2) is 0 Å². The van der Waals surface area contributed by atoms with Gasteiger partial charge < -0.3 is 9.26 Å².